The maximum atomic E-state index is 4.38. The molecule has 0 aromatic carbocycles. The highest BCUT2D eigenvalue weighted by molar-refractivity contribution is 9.18. The molecule has 1 nitrogen and oxygen atoms in total. The van der Waals surface area contributed by atoms with Gasteiger partial charge in [0, 0.05) is 5.33 Å². The van der Waals surface area contributed by atoms with Crippen LogP contribution in [0, 0.1) is 5.92 Å². The van der Waals surface area contributed by atoms with Crippen molar-refractivity contribution in [2.75, 3.05) is 5.33 Å². The molecular formula is C9H15Br2N. The predicted octanol–water partition coefficient (Wildman–Crippen LogP) is 4.12. The van der Waals surface area contributed by atoms with Crippen molar-refractivity contribution >= 4 is 36.5 Å². The van der Waals surface area contributed by atoms with Crippen molar-refractivity contribution in [1.29, 1.82) is 0 Å². The molecule has 0 atom stereocenters. The van der Waals surface area contributed by atoms with Crippen molar-refractivity contribution in [2.24, 2.45) is 10.9 Å². The summed E-state index contributed by atoms with van der Waals surface area (Å²) in [6.07, 6.45) is 0. The van der Waals surface area contributed by atoms with Gasteiger partial charge in [0.15, 0.2) is 0 Å². The molecule has 0 heterocycles. The van der Waals surface area contributed by atoms with Crippen molar-refractivity contribution in [2.45, 2.75) is 27.7 Å². The largest absolute Gasteiger partial charge is 0.250 e. The van der Waals surface area contributed by atoms with Crippen molar-refractivity contribution < 1.29 is 0 Å². The first-order chi connectivity index (χ1) is 5.49. The van der Waals surface area contributed by atoms with Gasteiger partial charge in [-0.15, -0.1) is 0 Å². The molecular weight excluding hydrogens is 282 g/mol. The van der Waals surface area contributed by atoms with Crippen LogP contribution in [-0.4, -0.2) is 9.95 Å². The average Bonchev–Trinajstić information content (AvgIpc) is 1.98. The maximum absolute atomic E-state index is 4.38. The molecule has 0 aromatic rings. The van der Waals surface area contributed by atoms with Crippen LogP contribution in [0.15, 0.2) is 16.3 Å². The summed E-state index contributed by atoms with van der Waals surface area (Å²) in [4.78, 5) is 4.38. The second-order valence-electron chi connectivity index (χ2n) is 3.03. The summed E-state index contributed by atoms with van der Waals surface area (Å²) in [5.74, 6) is 0.563. The van der Waals surface area contributed by atoms with Gasteiger partial charge in [0.05, 0.1) is 10.3 Å². The van der Waals surface area contributed by atoms with E-state index in [1.54, 1.807) is 0 Å². The molecule has 0 aliphatic rings. The van der Waals surface area contributed by atoms with E-state index < -0.39 is 0 Å². The van der Waals surface area contributed by atoms with Gasteiger partial charge in [0.1, 0.15) is 0 Å². The molecule has 0 radical (unpaired) electrons. The number of alkyl halides is 1. The quantitative estimate of drug-likeness (QED) is 0.549. The molecule has 0 unspecified atom stereocenters. The molecule has 12 heavy (non-hydrogen) atoms. The number of hydrogen-bond acceptors (Lipinski definition) is 1. The summed E-state index contributed by atoms with van der Waals surface area (Å²) in [6.45, 7) is 8.42. The Labute approximate surface area is 91.6 Å². The van der Waals surface area contributed by atoms with Gasteiger partial charge in [-0.3, -0.25) is 0 Å². The minimum Gasteiger partial charge on any atom is -0.250 e. The second-order valence-corrected chi connectivity index (χ2v) is 4.74. The standard InChI is InChI=1S/C9H15Br2N/c1-6(2)7(3)9(5-10)12-8(4)11/h6H,5H2,1-4H3/b9-7-,12-8+. The number of hydrogen-bond donors (Lipinski definition) is 0. The molecule has 0 rings (SSSR count). The number of nitrogens with zero attached hydrogens (tertiary/aromatic N) is 1. The van der Waals surface area contributed by atoms with Gasteiger partial charge >= 0.3 is 0 Å². The normalized spacial score (nSPS) is 15.1. The molecule has 0 aliphatic carbocycles. The van der Waals surface area contributed by atoms with E-state index in [1.165, 1.54) is 5.57 Å². The predicted molar refractivity (Wildman–Crippen MR) is 63.4 cm³/mol. The van der Waals surface area contributed by atoms with Gasteiger partial charge in [-0.2, -0.15) is 0 Å². The minimum absolute atomic E-state index is 0.563. The van der Waals surface area contributed by atoms with Crippen LogP contribution in [0.3, 0.4) is 0 Å². The molecule has 0 N–H and O–H groups in total. The summed E-state index contributed by atoms with van der Waals surface area (Å²) in [5, 5.41) is 0.819. The van der Waals surface area contributed by atoms with Crippen LogP contribution in [-0.2, 0) is 0 Å². The fourth-order valence-corrected chi connectivity index (χ4v) is 1.52. The fraction of sp³-hybridized carbons (Fsp3) is 0.667. The van der Waals surface area contributed by atoms with Gasteiger partial charge in [-0.05, 0) is 41.3 Å². The first kappa shape index (κ1) is 12.4. The first-order valence-electron chi connectivity index (χ1n) is 3.95. The van der Waals surface area contributed by atoms with Gasteiger partial charge in [-0.25, -0.2) is 4.99 Å². The summed E-state index contributed by atoms with van der Waals surface area (Å²) >= 11 is 6.76. The van der Waals surface area contributed by atoms with Gasteiger partial charge < -0.3 is 0 Å². The van der Waals surface area contributed by atoms with Crippen LogP contribution in [0.5, 0.6) is 0 Å². The van der Waals surface area contributed by atoms with Gasteiger partial charge in [0.2, 0.25) is 0 Å². The van der Waals surface area contributed by atoms with Crippen LogP contribution in [0.2, 0.25) is 0 Å². The van der Waals surface area contributed by atoms with Crippen molar-refractivity contribution in [3.05, 3.63) is 11.3 Å². The fourth-order valence-electron chi connectivity index (χ4n) is 0.743. The van der Waals surface area contributed by atoms with E-state index in [-0.39, 0.29) is 0 Å². The maximum Gasteiger partial charge on any atom is 0.0802 e. The highest BCUT2D eigenvalue weighted by Gasteiger charge is 2.03. The third-order valence-electron chi connectivity index (χ3n) is 1.74. The highest BCUT2D eigenvalue weighted by atomic mass is 79.9. The molecule has 0 fully saturated rings. The van der Waals surface area contributed by atoms with E-state index in [0.29, 0.717) is 5.92 Å². The lowest BCUT2D eigenvalue weighted by molar-refractivity contribution is 0.755. The van der Waals surface area contributed by atoms with E-state index in [2.05, 4.69) is 57.6 Å². The van der Waals surface area contributed by atoms with Crippen molar-refractivity contribution in [3.63, 3.8) is 0 Å². The van der Waals surface area contributed by atoms with E-state index in [9.17, 15) is 0 Å². The monoisotopic (exact) mass is 295 g/mol. The third-order valence-corrected chi connectivity index (χ3v) is 2.45. The lowest BCUT2D eigenvalue weighted by Crippen LogP contribution is -1.96. The Morgan fingerprint density at radius 2 is 1.83 bits per heavy atom. The van der Waals surface area contributed by atoms with E-state index in [1.807, 2.05) is 6.92 Å². The summed E-state index contributed by atoms with van der Waals surface area (Å²) in [5.41, 5.74) is 2.46. The molecule has 0 saturated heterocycles. The molecule has 3 heteroatoms. The van der Waals surface area contributed by atoms with E-state index in [4.69, 9.17) is 0 Å². The molecule has 0 bridgehead atoms. The second kappa shape index (κ2) is 5.92. The zero-order chi connectivity index (χ0) is 9.72. The Kier molecular flexibility index (Phi) is 6.10. The molecule has 0 amide bonds. The number of halogens is 2. The lowest BCUT2D eigenvalue weighted by Gasteiger charge is -2.08. The number of rotatable bonds is 3. The summed E-state index contributed by atoms with van der Waals surface area (Å²) in [7, 11) is 0. The van der Waals surface area contributed by atoms with Crippen molar-refractivity contribution in [3.8, 4) is 0 Å². The van der Waals surface area contributed by atoms with Gasteiger partial charge in [-0.1, -0.05) is 29.8 Å². The Morgan fingerprint density at radius 3 is 2.08 bits per heavy atom. The summed E-state index contributed by atoms with van der Waals surface area (Å²) in [6, 6.07) is 0. The van der Waals surface area contributed by atoms with Crippen LogP contribution in [0.4, 0.5) is 0 Å². The SMILES string of the molecule is C/C(=C(CBr)/N=C(\C)Br)C(C)C. The van der Waals surface area contributed by atoms with Crippen LogP contribution < -0.4 is 0 Å². The Hall–Kier alpha value is 0.370. The number of allylic oxidation sites excluding steroid dienone is 2. The molecule has 0 aliphatic heterocycles. The van der Waals surface area contributed by atoms with E-state index in [0.717, 1.165) is 15.6 Å². The van der Waals surface area contributed by atoms with E-state index >= 15 is 0 Å². The van der Waals surface area contributed by atoms with Crippen LogP contribution >= 0.6 is 31.9 Å². The Bertz CT molecular complexity index is 201. The van der Waals surface area contributed by atoms with Crippen molar-refractivity contribution in [1.82, 2.24) is 0 Å². The zero-order valence-electron chi connectivity index (χ0n) is 7.99. The zero-order valence-corrected chi connectivity index (χ0v) is 11.2. The third kappa shape index (κ3) is 4.41. The topological polar surface area (TPSA) is 12.4 Å². The lowest BCUT2D eigenvalue weighted by atomic mass is 10.0. The molecule has 70 valence electrons. The average molecular weight is 297 g/mol. The highest BCUT2D eigenvalue weighted by Crippen LogP contribution is 2.17. The van der Waals surface area contributed by atoms with Crippen LogP contribution in [0.1, 0.15) is 27.7 Å². The van der Waals surface area contributed by atoms with Gasteiger partial charge in [0.25, 0.3) is 0 Å². The molecule has 0 saturated carbocycles. The van der Waals surface area contributed by atoms with Crippen LogP contribution in [0.25, 0.3) is 0 Å². The Morgan fingerprint density at radius 1 is 1.33 bits per heavy atom. The minimum atomic E-state index is 0.563. The molecule has 0 spiro atoms. The number of aliphatic imine (C=N–C) groups is 1. The molecule has 0 aromatic heterocycles. The Balaban J connectivity index is 4.74. The first-order valence-corrected chi connectivity index (χ1v) is 5.86. The summed E-state index contributed by atoms with van der Waals surface area (Å²) < 4.78 is 0.928. The smallest absolute Gasteiger partial charge is 0.0802 e.